The molecular formula is C17H29IN4O2. The number of amides is 1. The molecular weight excluding hydrogens is 419 g/mol. The third kappa shape index (κ3) is 6.33. The number of guanidine groups is 1. The Morgan fingerprint density at radius 1 is 1.50 bits per heavy atom. The van der Waals surface area contributed by atoms with Crippen molar-refractivity contribution in [2.45, 2.75) is 39.7 Å². The minimum absolute atomic E-state index is 0. The number of nitrogens with zero attached hydrogens (tertiary/aromatic N) is 2. The second-order valence-corrected chi connectivity index (χ2v) is 6.16. The molecule has 1 unspecified atom stereocenters. The number of halogens is 1. The second-order valence-electron chi connectivity index (χ2n) is 6.16. The van der Waals surface area contributed by atoms with Crippen molar-refractivity contribution >= 4 is 35.8 Å². The Morgan fingerprint density at radius 3 is 2.92 bits per heavy atom. The quantitative estimate of drug-likeness (QED) is 0.398. The van der Waals surface area contributed by atoms with Crippen LogP contribution in [-0.2, 0) is 11.2 Å². The van der Waals surface area contributed by atoms with Gasteiger partial charge >= 0.3 is 0 Å². The Kier molecular flexibility index (Phi) is 9.17. The van der Waals surface area contributed by atoms with Gasteiger partial charge in [-0.3, -0.25) is 9.79 Å². The summed E-state index contributed by atoms with van der Waals surface area (Å²) in [4.78, 5) is 18.6. The maximum absolute atomic E-state index is 12.0. The van der Waals surface area contributed by atoms with Gasteiger partial charge in [0.25, 0.3) is 0 Å². The first-order valence-electron chi connectivity index (χ1n) is 8.46. The van der Waals surface area contributed by atoms with Crippen LogP contribution in [-0.4, -0.2) is 49.0 Å². The predicted molar refractivity (Wildman–Crippen MR) is 107 cm³/mol. The standard InChI is InChI=1S/C17H28N4O2.HI/c1-4-18-17(19-9-7-15-6-5-11-23-15)20-14-8-10-21(12-14)16(22)13(2)3;/h5-6,11,13-14H,4,7-10,12H2,1-3H3,(H2,18,19,20);1H. The van der Waals surface area contributed by atoms with Gasteiger partial charge in [0.1, 0.15) is 5.76 Å². The molecule has 0 saturated carbocycles. The fraction of sp³-hybridized carbons (Fsp3) is 0.647. The lowest BCUT2D eigenvalue weighted by Crippen LogP contribution is -2.45. The number of hydrogen-bond donors (Lipinski definition) is 2. The van der Waals surface area contributed by atoms with Crippen LogP contribution in [0, 0.1) is 5.92 Å². The van der Waals surface area contributed by atoms with Crippen LogP contribution < -0.4 is 10.6 Å². The van der Waals surface area contributed by atoms with Crippen LogP contribution in [0.3, 0.4) is 0 Å². The summed E-state index contributed by atoms with van der Waals surface area (Å²) in [6, 6.07) is 4.11. The molecule has 1 saturated heterocycles. The monoisotopic (exact) mass is 448 g/mol. The van der Waals surface area contributed by atoms with Gasteiger partial charge in [0.05, 0.1) is 6.26 Å². The number of hydrogen-bond acceptors (Lipinski definition) is 3. The van der Waals surface area contributed by atoms with Crippen molar-refractivity contribution < 1.29 is 9.21 Å². The van der Waals surface area contributed by atoms with Crippen molar-refractivity contribution in [1.29, 1.82) is 0 Å². The number of furan rings is 1. The summed E-state index contributed by atoms with van der Waals surface area (Å²) in [5.74, 6) is 2.04. The Morgan fingerprint density at radius 2 is 2.29 bits per heavy atom. The molecule has 1 fully saturated rings. The van der Waals surface area contributed by atoms with E-state index < -0.39 is 0 Å². The van der Waals surface area contributed by atoms with Crippen LogP contribution >= 0.6 is 24.0 Å². The molecule has 0 radical (unpaired) electrons. The molecule has 1 aromatic rings. The van der Waals surface area contributed by atoms with E-state index in [1.807, 2.05) is 37.8 Å². The minimum Gasteiger partial charge on any atom is -0.469 e. The van der Waals surface area contributed by atoms with Gasteiger partial charge in [-0.1, -0.05) is 13.8 Å². The average Bonchev–Trinajstić information content (AvgIpc) is 3.18. The maximum atomic E-state index is 12.0. The summed E-state index contributed by atoms with van der Waals surface area (Å²) in [6.07, 6.45) is 3.43. The van der Waals surface area contributed by atoms with Crippen molar-refractivity contribution in [1.82, 2.24) is 15.5 Å². The Hall–Kier alpha value is -1.25. The van der Waals surface area contributed by atoms with Crippen LogP contribution in [0.5, 0.6) is 0 Å². The molecule has 1 aromatic heterocycles. The molecule has 0 aromatic carbocycles. The van der Waals surface area contributed by atoms with E-state index >= 15 is 0 Å². The number of rotatable bonds is 6. The zero-order valence-electron chi connectivity index (χ0n) is 14.7. The Bertz CT molecular complexity index is 517. The van der Waals surface area contributed by atoms with Gasteiger partial charge in [-0.15, -0.1) is 24.0 Å². The van der Waals surface area contributed by atoms with E-state index in [0.29, 0.717) is 6.54 Å². The summed E-state index contributed by atoms with van der Waals surface area (Å²) in [5, 5.41) is 6.70. The number of aliphatic imine (C=N–C) groups is 1. The first-order valence-corrected chi connectivity index (χ1v) is 8.46. The normalized spacial score (nSPS) is 17.8. The molecule has 1 aliphatic heterocycles. The van der Waals surface area contributed by atoms with Crippen LogP contribution in [0.1, 0.15) is 33.0 Å². The summed E-state index contributed by atoms with van der Waals surface area (Å²) in [7, 11) is 0. The number of likely N-dealkylation sites (tertiary alicyclic amines) is 1. The van der Waals surface area contributed by atoms with Gasteiger partial charge in [0.2, 0.25) is 5.91 Å². The Labute approximate surface area is 161 Å². The molecule has 24 heavy (non-hydrogen) atoms. The first kappa shape index (κ1) is 20.8. The predicted octanol–water partition coefficient (Wildman–Crippen LogP) is 2.25. The third-order valence-electron chi connectivity index (χ3n) is 3.89. The van der Waals surface area contributed by atoms with Crippen molar-refractivity contribution in [3.63, 3.8) is 0 Å². The number of nitrogens with one attached hydrogen (secondary N) is 2. The van der Waals surface area contributed by atoms with Crippen LogP contribution in [0.15, 0.2) is 27.8 Å². The molecule has 0 aliphatic carbocycles. The number of carbonyl (C=O) groups is 1. The molecule has 0 bridgehead atoms. The highest BCUT2D eigenvalue weighted by atomic mass is 127. The van der Waals surface area contributed by atoms with E-state index in [0.717, 1.165) is 44.2 Å². The molecule has 2 heterocycles. The highest BCUT2D eigenvalue weighted by molar-refractivity contribution is 14.0. The van der Waals surface area contributed by atoms with Crippen molar-refractivity contribution in [2.24, 2.45) is 10.9 Å². The summed E-state index contributed by atoms with van der Waals surface area (Å²) >= 11 is 0. The fourth-order valence-corrected chi connectivity index (χ4v) is 2.69. The van der Waals surface area contributed by atoms with Crippen molar-refractivity contribution in [3.8, 4) is 0 Å². The zero-order valence-corrected chi connectivity index (χ0v) is 17.1. The molecule has 1 aliphatic rings. The summed E-state index contributed by atoms with van der Waals surface area (Å²) in [6.45, 7) is 9.00. The molecule has 1 amide bonds. The van der Waals surface area contributed by atoms with Gasteiger partial charge in [0, 0.05) is 44.6 Å². The van der Waals surface area contributed by atoms with E-state index in [1.54, 1.807) is 6.26 Å². The smallest absolute Gasteiger partial charge is 0.225 e. The molecule has 2 N–H and O–H groups in total. The molecule has 7 heteroatoms. The summed E-state index contributed by atoms with van der Waals surface area (Å²) < 4.78 is 5.32. The van der Waals surface area contributed by atoms with Crippen molar-refractivity contribution in [3.05, 3.63) is 24.2 Å². The van der Waals surface area contributed by atoms with Gasteiger partial charge in [-0.25, -0.2) is 0 Å². The number of carbonyl (C=O) groups excluding carboxylic acids is 1. The van der Waals surface area contributed by atoms with Gasteiger partial charge < -0.3 is 20.0 Å². The SMILES string of the molecule is CCNC(=NCCc1ccco1)NC1CCN(C(=O)C(C)C)C1.I. The van der Waals surface area contributed by atoms with E-state index in [2.05, 4.69) is 15.6 Å². The first-order chi connectivity index (χ1) is 11.1. The lowest BCUT2D eigenvalue weighted by molar-refractivity contribution is -0.133. The highest BCUT2D eigenvalue weighted by Gasteiger charge is 2.27. The average molecular weight is 448 g/mol. The minimum atomic E-state index is 0. The van der Waals surface area contributed by atoms with E-state index in [1.165, 1.54) is 0 Å². The molecule has 136 valence electrons. The van der Waals surface area contributed by atoms with Gasteiger partial charge in [-0.2, -0.15) is 0 Å². The van der Waals surface area contributed by atoms with Crippen LogP contribution in [0.2, 0.25) is 0 Å². The molecule has 1 atom stereocenters. The Balaban J connectivity index is 0.00000288. The van der Waals surface area contributed by atoms with E-state index in [-0.39, 0.29) is 41.8 Å². The van der Waals surface area contributed by atoms with E-state index in [4.69, 9.17) is 4.42 Å². The van der Waals surface area contributed by atoms with Gasteiger partial charge in [0.15, 0.2) is 5.96 Å². The van der Waals surface area contributed by atoms with Crippen LogP contribution in [0.25, 0.3) is 0 Å². The third-order valence-corrected chi connectivity index (χ3v) is 3.89. The summed E-state index contributed by atoms with van der Waals surface area (Å²) in [5.41, 5.74) is 0. The fourth-order valence-electron chi connectivity index (χ4n) is 2.69. The lowest BCUT2D eigenvalue weighted by atomic mass is 10.2. The molecule has 0 spiro atoms. The van der Waals surface area contributed by atoms with Gasteiger partial charge in [-0.05, 0) is 25.5 Å². The lowest BCUT2D eigenvalue weighted by Gasteiger charge is -2.20. The zero-order chi connectivity index (χ0) is 16.7. The van der Waals surface area contributed by atoms with E-state index in [9.17, 15) is 4.79 Å². The largest absolute Gasteiger partial charge is 0.469 e. The van der Waals surface area contributed by atoms with Crippen LogP contribution in [0.4, 0.5) is 0 Å². The molecule has 2 rings (SSSR count). The second kappa shape index (κ2) is 10.6. The van der Waals surface area contributed by atoms with Crippen molar-refractivity contribution in [2.75, 3.05) is 26.2 Å². The highest BCUT2D eigenvalue weighted by Crippen LogP contribution is 2.12. The maximum Gasteiger partial charge on any atom is 0.225 e. The topological polar surface area (TPSA) is 69.9 Å². The molecule has 6 nitrogen and oxygen atoms in total.